The number of hydrogen-bond donors (Lipinski definition) is 0. The number of hydrogen-bond acceptors (Lipinski definition) is 2. The number of rotatable bonds is 5. The quantitative estimate of drug-likeness (QED) is 0.749. The molecule has 5 heteroatoms. The Bertz CT molecular complexity index is 443. The molecule has 1 aromatic heterocycles. The van der Waals surface area contributed by atoms with Gasteiger partial charge in [0.2, 0.25) is 0 Å². The Kier molecular flexibility index (Phi) is 5.86. The zero-order valence-corrected chi connectivity index (χ0v) is 13.6. The number of alkyl halides is 1. The van der Waals surface area contributed by atoms with Gasteiger partial charge in [0, 0.05) is 17.6 Å². The molecule has 1 unspecified atom stereocenters. The van der Waals surface area contributed by atoms with Crippen LogP contribution in [0.25, 0.3) is 0 Å². The molecule has 1 heterocycles. The van der Waals surface area contributed by atoms with E-state index >= 15 is 0 Å². The van der Waals surface area contributed by atoms with Gasteiger partial charge in [-0.05, 0) is 42.1 Å². The first-order chi connectivity index (χ1) is 8.01. The fraction of sp³-hybridized carbons (Fsp3) is 0.667. The van der Waals surface area contributed by atoms with E-state index in [9.17, 15) is 4.79 Å². The van der Waals surface area contributed by atoms with Crippen molar-refractivity contribution in [1.29, 1.82) is 0 Å². The van der Waals surface area contributed by atoms with Crippen LogP contribution in [0.4, 0.5) is 0 Å². The summed E-state index contributed by atoms with van der Waals surface area (Å²) >= 11 is 6.99. The Balaban J connectivity index is 3.06. The second kappa shape index (κ2) is 6.69. The van der Waals surface area contributed by atoms with Crippen LogP contribution < -0.4 is 5.69 Å². The smallest absolute Gasteiger partial charge is 0.295 e. The normalized spacial score (nSPS) is 12.8. The predicted molar refractivity (Wildman–Crippen MR) is 77.9 cm³/mol. The van der Waals surface area contributed by atoms with Crippen molar-refractivity contribution in [2.75, 3.05) is 5.33 Å². The molecule has 1 atom stereocenters. The van der Waals surface area contributed by atoms with Gasteiger partial charge < -0.3 is 0 Å². The fourth-order valence-electron chi connectivity index (χ4n) is 1.88. The summed E-state index contributed by atoms with van der Waals surface area (Å²) in [6.45, 7) is 6.69. The molecule has 0 fully saturated rings. The molecular formula is C12H18Br2N2O. The van der Waals surface area contributed by atoms with E-state index in [0.29, 0.717) is 5.92 Å². The van der Waals surface area contributed by atoms with Crippen molar-refractivity contribution in [3.05, 3.63) is 26.3 Å². The summed E-state index contributed by atoms with van der Waals surface area (Å²) in [6.07, 6.45) is 2.24. The highest BCUT2D eigenvalue weighted by Gasteiger charge is 2.13. The molecule has 0 saturated heterocycles. The summed E-state index contributed by atoms with van der Waals surface area (Å²) in [5.74, 6) is 0.479. The number of aromatic nitrogens is 2. The van der Waals surface area contributed by atoms with Crippen LogP contribution in [0.2, 0.25) is 0 Å². The summed E-state index contributed by atoms with van der Waals surface area (Å²) < 4.78 is 2.69. The maximum atomic E-state index is 11.9. The van der Waals surface area contributed by atoms with Gasteiger partial charge in [0.15, 0.2) is 0 Å². The van der Waals surface area contributed by atoms with E-state index < -0.39 is 0 Å². The number of nitrogens with zero attached hydrogens (tertiary/aromatic N) is 2. The van der Waals surface area contributed by atoms with Crippen LogP contribution in [0.5, 0.6) is 0 Å². The second-order valence-electron chi connectivity index (χ2n) is 4.30. The van der Waals surface area contributed by atoms with Crippen molar-refractivity contribution in [3.8, 4) is 0 Å². The summed E-state index contributed by atoms with van der Waals surface area (Å²) in [7, 11) is 0. The number of halogens is 2. The molecule has 0 aliphatic heterocycles. The van der Waals surface area contributed by atoms with Crippen molar-refractivity contribution in [3.63, 3.8) is 0 Å². The SMILES string of the molecule is CCCC(CBr)Cn1c(C)c(Br)c(C)nc1=O. The van der Waals surface area contributed by atoms with Crippen molar-refractivity contribution in [2.45, 2.75) is 40.2 Å². The van der Waals surface area contributed by atoms with Crippen LogP contribution in [0.1, 0.15) is 31.2 Å². The maximum absolute atomic E-state index is 11.9. The minimum Gasteiger partial charge on any atom is -0.295 e. The molecule has 0 spiro atoms. The molecule has 0 bridgehead atoms. The van der Waals surface area contributed by atoms with Crippen LogP contribution in [0.15, 0.2) is 9.27 Å². The molecule has 0 aliphatic rings. The van der Waals surface area contributed by atoms with Gasteiger partial charge >= 0.3 is 5.69 Å². The van der Waals surface area contributed by atoms with E-state index in [1.54, 1.807) is 4.57 Å². The Hall–Kier alpha value is -0.160. The van der Waals surface area contributed by atoms with Crippen LogP contribution in [0.3, 0.4) is 0 Å². The lowest BCUT2D eigenvalue weighted by Crippen LogP contribution is -2.29. The van der Waals surface area contributed by atoms with Crippen LogP contribution >= 0.6 is 31.9 Å². The van der Waals surface area contributed by atoms with Crippen molar-refractivity contribution in [2.24, 2.45) is 5.92 Å². The van der Waals surface area contributed by atoms with Gasteiger partial charge in [0.1, 0.15) is 0 Å². The van der Waals surface area contributed by atoms with Gasteiger partial charge in [0.05, 0.1) is 10.2 Å². The molecule has 0 aliphatic carbocycles. The third-order valence-corrected chi connectivity index (χ3v) is 4.95. The van der Waals surface area contributed by atoms with Crippen molar-refractivity contribution >= 4 is 31.9 Å². The summed E-state index contributed by atoms with van der Waals surface area (Å²) in [4.78, 5) is 15.9. The highest BCUT2D eigenvalue weighted by Crippen LogP contribution is 2.19. The van der Waals surface area contributed by atoms with Crippen LogP contribution in [-0.4, -0.2) is 14.9 Å². The molecule has 1 rings (SSSR count). The van der Waals surface area contributed by atoms with E-state index in [1.807, 2.05) is 13.8 Å². The Morgan fingerprint density at radius 3 is 2.59 bits per heavy atom. The Labute approximate surface area is 119 Å². The summed E-state index contributed by atoms with van der Waals surface area (Å²) in [6, 6.07) is 0. The van der Waals surface area contributed by atoms with Crippen molar-refractivity contribution in [1.82, 2.24) is 9.55 Å². The zero-order valence-electron chi connectivity index (χ0n) is 10.5. The molecule has 17 heavy (non-hydrogen) atoms. The molecule has 96 valence electrons. The molecule has 3 nitrogen and oxygen atoms in total. The van der Waals surface area contributed by atoms with Crippen molar-refractivity contribution < 1.29 is 0 Å². The maximum Gasteiger partial charge on any atom is 0.348 e. The lowest BCUT2D eigenvalue weighted by Gasteiger charge is -2.17. The molecular weight excluding hydrogens is 348 g/mol. The minimum absolute atomic E-state index is 0.148. The van der Waals surface area contributed by atoms with Gasteiger partial charge in [-0.3, -0.25) is 4.57 Å². The first kappa shape index (κ1) is 14.9. The lowest BCUT2D eigenvalue weighted by molar-refractivity contribution is 0.435. The lowest BCUT2D eigenvalue weighted by atomic mass is 10.1. The Morgan fingerprint density at radius 1 is 1.41 bits per heavy atom. The molecule has 0 radical (unpaired) electrons. The van der Waals surface area contributed by atoms with Gasteiger partial charge in [0.25, 0.3) is 0 Å². The third kappa shape index (κ3) is 3.65. The first-order valence-corrected chi connectivity index (χ1v) is 7.72. The number of aryl methyl sites for hydroxylation is 1. The molecule has 0 N–H and O–H groups in total. The standard InChI is InChI=1S/C12H18Br2N2O/c1-4-5-10(6-13)7-16-9(3)11(14)8(2)15-12(16)17/h10H,4-7H2,1-3H3. The predicted octanol–water partition coefficient (Wildman–Crippen LogP) is 3.43. The highest BCUT2D eigenvalue weighted by molar-refractivity contribution is 9.10. The van der Waals surface area contributed by atoms with E-state index in [-0.39, 0.29) is 5.69 Å². The third-order valence-electron chi connectivity index (χ3n) is 2.89. The Morgan fingerprint density at radius 2 is 2.06 bits per heavy atom. The summed E-state index contributed by atoms with van der Waals surface area (Å²) in [5, 5.41) is 0.915. The van der Waals surface area contributed by atoms with Crippen LogP contribution in [0, 0.1) is 19.8 Å². The highest BCUT2D eigenvalue weighted by atomic mass is 79.9. The van der Waals surface area contributed by atoms with Gasteiger partial charge in [-0.2, -0.15) is 4.98 Å². The van der Waals surface area contributed by atoms with E-state index in [2.05, 4.69) is 43.8 Å². The molecule has 1 aromatic rings. The largest absolute Gasteiger partial charge is 0.348 e. The van der Waals surface area contributed by atoms with E-state index in [0.717, 1.165) is 40.6 Å². The second-order valence-corrected chi connectivity index (χ2v) is 5.74. The van der Waals surface area contributed by atoms with Crippen LogP contribution in [-0.2, 0) is 6.54 Å². The minimum atomic E-state index is -0.148. The van der Waals surface area contributed by atoms with E-state index in [1.165, 1.54) is 0 Å². The average Bonchev–Trinajstić information content (AvgIpc) is 2.30. The monoisotopic (exact) mass is 364 g/mol. The van der Waals surface area contributed by atoms with Gasteiger partial charge in [-0.15, -0.1) is 0 Å². The zero-order chi connectivity index (χ0) is 13.0. The van der Waals surface area contributed by atoms with Gasteiger partial charge in [-0.1, -0.05) is 29.3 Å². The first-order valence-electron chi connectivity index (χ1n) is 5.80. The average molecular weight is 366 g/mol. The topological polar surface area (TPSA) is 34.9 Å². The van der Waals surface area contributed by atoms with E-state index in [4.69, 9.17) is 0 Å². The van der Waals surface area contributed by atoms with Gasteiger partial charge in [-0.25, -0.2) is 4.79 Å². The molecule has 0 aromatic carbocycles. The molecule has 0 saturated carbocycles. The molecule has 0 amide bonds. The summed E-state index contributed by atoms with van der Waals surface area (Å²) in [5.41, 5.74) is 1.57. The fourth-order valence-corrected chi connectivity index (χ4v) is 2.71.